The van der Waals surface area contributed by atoms with Gasteiger partial charge in [0, 0.05) is 12.1 Å². The lowest BCUT2D eigenvalue weighted by Gasteiger charge is -2.21. The second-order valence-corrected chi connectivity index (χ2v) is 6.35. The first-order chi connectivity index (χ1) is 11.0. The van der Waals surface area contributed by atoms with E-state index >= 15 is 0 Å². The summed E-state index contributed by atoms with van der Waals surface area (Å²) in [6.45, 7) is 4.29. The van der Waals surface area contributed by atoms with Crippen LogP contribution in [0.3, 0.4) is 0 Å². The molecule has 6 nitrogen and oxygen atoms in total. The predicted molar refractivity (Wildman–Crippen MR) is 82.1 cm³/mol. The summed E-state index contributed by atoms with van der Waals surface area (Å²) in [5.41, 5.74) is -1.33. The van der Waals surface area contributed by atoms with E-state index in [2.05, 4.69) is 5.32 Å². The molecule has 24 heavy (non-hydrogen) atoms. The smallest absolute Gasteiger partial charge is 0.407 e. The number of aliphatic hydroxyl groups is 3. The van der Waals surface area contributed by atoms with Crippen molar-refractivity contribution in [2.45, 2.75) is 51.6 Å². The van der Waals surface area contributed by atoms with Crippen LogP contribution in [0.5, 0.6) is 0 Å². The Bertz CT molecular complexity index is 551. The number of aliphatic hydroxyl groups excluding tert-OH is 3. The average molecular weight is 347 g/mol. The summed E-state index contributed by atoms with van der Waals surface area (Å²) in [5, 5.41) is 31.1. The number of nitrogens with one attached hydrogen (secondary N) is 1. The van der Waals surface area contributed by atoms with Crippen LogP contribution in [0.4, 0.5) is 13.6 Å². The van der Waals surface area contributed by atoms with E-state index in [1.807, 2.05) is 0 Å². The highest BCUT2D eigenvalue weighted by atomic mass is 19.1. The van der Waals surface area contributed by atoms with Gasteiger partial charge in [0.1, 0.15) is 23.3 Å². The summed E-state index contributed by atoms with van der Waals surface area (Å²) in [5.74, 6) is -2.02. The number of alkyl carbamates (subject to hydrolysis) is 1. The van der Waals surface area contributed by atoms with Crippen molar-refractivity contribution in [3.8, 4) is 0 Å². The summed E-state index contributed by atoms with van der Waals surface area (Å²) in [6, 6.07) is 1.70. The first-order valence-corrected chi connectivity index (χ1v) is 7.47. The third kappa shape index (κ3) is 6.03. The molecular formula is C16H23F2NO5. The van der Waals surface area contributed by atoms with E-state index < -0.39 is 47.7 Å². The molecule has 0 heterocycles. The van der Waals surface area contributed by atoms with Crippen molar-refractivity contribution in [1.29, 1.82) is 0 Å². The maximum absolute atomic E-state index is 13.6. The molecule has 0 aliphatic rings. The largest absolute Gasteiger partial charge is 0.444 e. The van der Waals surface area contributed by atoms with Crippen molar-refractivity contribution in [2.75, 3.05) is 6.54 Å². The monoisotopic (exact) mass is 347 g/mol. The number of halogens is 2. The second-order valence-electron chi connectivity index (χ2n) is 6.35. The van der Waals surface area contributed by atoms with Gasteiger partial charge in [-0.15, -0.1) is 0 Å². The summed E-state index contributed by atoms with van der Waals surface area (Å²) in [6.07, 6.45) is -3.61. The van der Waals surface area contributed by atoms with Crippen molar-refractivity contribution in [1.82, 2.24) is 5.32 Å². The number of carbonyl (C=O) groups excluding carboxylic acids is 1. The molecule has 0 radical (unpaired) electrons. The zero-order valence-corrected chi connectivity index (χ0v) is 13.8. The fourth-order valence-electron chi connectivity index (χ4n) is 1.96. The molecule has 0 saturated carbocycles. The lowest BCUT2D eigenvalue weighted by molar-refractivity contribution is 0.0120. The van der Waals surface area contributed by atoms with E-state index in [1.165, 1.54) is 0 Å². The molecule has 1 aromatic carbocycles. The van der Waals surface area contributed by atoms with Crippen LogP contribution in [0.15, 0.2) is 12.1 Å². The normalized spacial score (nSPS) is 14.2. The van der Waals surface area contributed by atoms with Gasteiger partial charge in [0.25, 0.3) is 0 Å². The third-order valence-corrected chi connectivity index (χ3v) is 3.14. The first-order valence-electron chi connectivity index (χ1n) is 7.47. The maximum atomic E-state index is 13.6. The van der Waals surface area contributed by atoms with Crippen molar-refractivity contribution < 1.29 is 33.6 Å². The summed E-state index contributed by atoms with van der Waals surface area (Å²) in [7, 11) is 0. The number of rotatable bonds is 6. The third-order valence-electron chi connectivity index (χ3n) is 3.14. The van der Waals surface area contributed by atoms with Crippen LogP contribution in [0.1, 0.15) is 44.4 Å². The molecule has 2 atom stereocenters. The van der Waals surface area contributed by atoms with Crippen LogP contribution in [0.25, 0.3) is 0 Å². The highest BCUT2D eigenvalue weighted by Crippen LogP contribution is 2.23. The van der Waals surface area contributed by atoms with Crippen molar-refractivity contribution in [3.05, 3.63) is 34.9 Å². The molecule has 8 heteroatoms. The van der Waals surface area contributed by atoms with Gasteiger partial charge in [-0.05, 0) is 44.9 Å². The Labute approximate surface area is 139 Å². The molecule has 0 spiro atoms. The number of ether oxygens (including phenoxy) is 1. The summed E-state index contributed by atoms with van der Waals surface area (Å²) >= 11 is 0. The number of carbonyl (C=O) groups is 1. The lowest BCUT2D eigenvalue weighted by atomic mass is 10.00. The van der Waals surface area contributed by atoms with Gasteiger partial charge < -0.3 is 25.4 Å². The topological polar surface area (TPSA) is 99.0 Å². The molecule has 0 bridgehead atoms. The van der Waals surface area contributed by atoms with Crippen molar-refractivity contribution in [3.63, 3.8) is 0 Å². The highest BCUT2D eigenvalue weighted by Gasteiger charge is 2.22. The average Bonchev–Trinajstić information content (AvgIpc) is 2.44. The molecule has 4 N–H and O–H groups in total. The van der Waals surface area contributed by atoms with Crippen LogP contribution in [-0.2, 0) is 11.3 Å². The van der Waals surface area contributed by atoms with Gasteiger partial charge in [-0.2, -0.15) is 0 Å². The number of hydrogen-bond donors (Lipinski definition) is 4. The van der Waals surface area contributed by atoms with Gasteiger partial charge >= 0.3 is 6.09 Å². The minimum atomic E-state index is -1.54. The van der Waals surface area contributed by atoms with Crippen LogP contribution in [-0.4, -0.2) is 39.7 Å². The van der Waals surface area contributed by atoms with Gasteiger partial charge in [0.05, 0.1) is 12.7 Å². The zero-order valence-electron chi connectivity index (χ0n) is 13.8. The molecule has 0 fully saturated rings. The fourth-order valence-corrected chi connectivity index (χ4v) is 1.96. The van der Waals surface area contributed by atoms with E-state index in [0.717, 1.165) is 12.1 Å². The molecule has 0 aliphatic carbocycles. The Morgan fingerprint density at radius 1 is 1.25 bits per heavy atom. The minimum Gasteiger partial charge on any atom is -0.444 e. The van der Waals surface area contributed by atoms with E-state index in [1.54, 1.807) is 20.8 Å². The number of benzene rings is 1. The first kappa shape index (κ1) is 20.3. The van der Waals surface area contributed by atoms with E-state index in [9.17, 15) is 23.8 Å². The Balaban J connectivity index is 2.59. The molecule has 2 unspecified atom stereocenters. The highest BCUT2D eigenvalue weighted by molar-refractivity contribution is 5.67. The van der Waals surface area contributed by atoms with Gasteiger partial charge in [-0.1, -0.05) is 0 Å². The minimum absolute atomic E-state index is 0.00677. The van der Waals surface area contributed by atoms with E-state index in [0.29, 0.717) is 0 Å². The van der Waals surface area contributed by atoms with Crippen LogP contribution in [0.2, 0.25) is 0 Å². The van der Waals surface area contributed by atoms with E-state index in [-0.39, 0.29) is 18.5 Å². The molecule has 0 saturated heterocycles. The van der Waals surface area contributed by atoms with Gasteiger partial charge in [-0.3, -0.25) is 0 Å². The zero-order chi connectivity index (χ0) is 18.5. The molecule has 1 rings (SSSR count). The molecule has 1 amide bonds. The van der Waals surface area contributed by atoms with Crippen molar-refractivity contribution in [2.24, 2.45) is 0 Å². The SMILES string of the molecule is CC(C)(C)OC(=O)NCCC(O)C(O)c1cc(F)c(CO)c(F)c1. The van der Waals surface area contributed by atoms with Crippen LogP contribution < -0.4 is 5.32 Å². The second kappa shape index (κ2) is 8.36. The van der Waals surface area contributed by atoms with Gasteiger partial charge in [0.2, 0.25) is 0 Å². The van der Waals surface area contributed by atoms with Gasteiger partial charge in [0.15, 0.2) is 0 Å². The number of hydrogen-bond acceptors (Lipinski definition) is 5. The molecular weight excluding hydrogens is 324 g/mol. The van der Waals surface area contributed by atoms with E-state index in [4.69, 9.17) is 9.84 Å². The Morgan fingerprint density at radius 2 is 1.79 bits per heavy atom. The summed E-state index contributed by atoms with van der Waals surface area (Å²) in [4.78, 5) is 11.4. The summed E-state index contributed by atoms with van der Waals surface area (Å²) < 4.78 is 32.2. The lowest BCUT2D eigenvalue weighted by Crippen LogP contribution is -2.34. The van der Waals surface area contributed by atoms with Crippen LogP contribution >= 0.6 is 0 Å². The van der Waals surface area contributed by atoms with Gasteiger partial charge in [-0.25, -0.2) is 13.6 Å². The Hall–Kier alpha value is -1.77. The quantitative estimate of drug-likeness (QED) is 0.629. The molecule has 1 aromatic rings. The predicted octanol–water partition coefficient (Wildman–Crippen LogP) is 1.77. The molecule has 0 aromatic heterocycles. The maximum Gasteiger partial charge on any atom is 0.407 e. The Morgan fingerprint density at radius 3 is 2.25 bits per heavy atom. The van der Waals surface area contributed by atoms with Crippen LogP contribution in [0, 0.1) is 11.6 Å². The fraction of sp³-hybridized carbons (Fsp3) is 0.562. The van der Waals surface area contributed by atoms with Crippen molar-refractivity contribution >= 4 is 6.09 Å². The molecule has 136 valence electrons. The standard InChI is InChI=1S/C16H23F2NO5/c1-16(2,3)24-15(23)19-5-4-13(21)14(22)9-6-11(17)10(8-20)12(18)7-9/h6-7,13-14,20-22H,4-5,8H2,1-3H3,(H,19,23). The molecule has 0 aliphatic heterocycles. The Kier molecular flexibility index (Phi) is 7.07. The number of amides is 1.